The number of hydrogen-bond acceptors (Lipinski definition) is 3. The topological polar surface area (TPSA) is 38.9 Å². The summed E-state index contributed by atoms with van der Waals surface area (Å²) in [6, 6.07) is 8.37. The Kier molecular flexibility index (Phi) is 3.74. The summed E-state index contributed by atoms with van der Waals surface area (Å²) in [6.07, 6.45) is 2.82. The Morgan fingerprint density at radius 3 is 3.00 bits per heavy atom. The second-order valence-electron chi connectivity index (χ2n) is 3.82. The van der Waals surface area contributed by atoms with Crippen LogP contribution in [0.1, 0.15) is 11.8 Å². The summed E-state index contributed by atoms with van der Waals surface area (Å²) in [4.78, 5) is 5.66. The van der Waals surface area contributed by atoms with Gasteiger partial charge in [0.05, 0.1) is 0 Å². The van der Waals surface area contributed by atoms with Gasteiger partial charge in [0.25, 0.3) is 0 Å². The molecule has 4 heteroatoms. The van der Waals surface area contributed by atoms with Crippen LogP contribution in [0.3, 0.4) is 0 Å². The molecular weight excluding hydrogens is 284 g/mol. The molecule has 16 heavy (non-hydrogen) atoms. The minimum Gasteiger partial charge on any atom is -0.328 e. The second kappa shape index (κ2) is 5.08. The van der Waals surface area contributed by atoms with Gasteiger partial charge in [-0.2, -0.15) is 0 Å². The molecule has 0 aliphatic rings. The number of rotatable bonds is 3. The van der Waals surface area contributed by atoms with Crippen molar-refractivity contribution in [2.75, 3.05) is 0 Å². The van der Waals surface area contributed by atoms with Gasteiger partial charge in [0, 0.05) is 27.2 Å². The highest BCUT2D eigenvalue weighted by Gasteiger charge is 2.06. The summed E-state index contributed by atoms with van der Waals surface area (Å²) in [5.74, 6) is 0. The second-order valence-corrected chi connectivity index (χ2v) is 5.85. The van der Waals surface area contributed by atoms with E-state index in [0.717, 1.165) is 21.5 Å². The Hall–Kier alpha value is -0.710. The van der Waals surface area contributed by atoms with Gasteiger partial charge in [0.15, 0.2) is 0 Å². The van der Waals surface area contributed by atoms with E-state index >= 15 is 0 Å². The van der Waals surface area contributed by atoms with Crippen LogP contribution in [0.25, 0.3) is 10.6 Å². The molecule has 0 spiro atoms. The van der Waals surface area contributed by atoms with E-state index in [1.807, 2.05) is 25.3 Å². The molecule has 2 rings (SSSR count). The Bertz CT molecular complexity index is 479. The molecule has 0 aliphatic heterocycles. The highest BCUT2D eigenvalue weighted by molar-refractivity contribution is 9.10. The monoisotopic (exact) mass is 296 g/mol. The van der Waals surface area contributed by atoms with Crippen molar-refractivity contribution in [3.05, 3.63) is 39.8 Å². The van der Waals surface area contributed by atoms with Gasteiger partial charge in [-0.3, -0.25) is 0 Å². The zero-order valence-electron chi connectivity index (χ0n) is 8.98. The van der Waals surface area contributed by atoms with Gasteiger partial charge in [-0.15, -0.1) is 11.3 Å². The number of aromatic nitrogens is 1. The SMILES string of the molecule is CC(N)Cc1cnc(-c2cccc(Br)c2)s1. The van der Waals surface area contributed by atoms with Crippen molar-refractivity contribution in [1.29, 1.82) is 0 Å². The van der Waals surface area contributed by atoms with Gasteiger partial charge >= 0.3 is 0 Å². The zero-order chi connectivity index (χ0) is 11.5. The molecule has 0 aliphatic carbocycles. The van der Waals surface area contributed by atoms with E-state index in [9.17, 15) is 0 Å². The van der Waals surface area contributed by atoms with E-state index in [2.05, 4.69) is 33.0 Å². The molecule has 1 aromatic carbocycles. The van der Waals surface area contributed by atoms with Gasteiger partial charge in [0.1, 0.15) is 5.01 Å². The third-order valence-corrected chi connectivity index (χ3v) is 3.71. The van der Waals surface area contributed by atoms with Crippen LogP contribution in [-0.2, 0) is 6.42 Å². The van der Waals surface area contributed by atoms with Crippen molar-refractivity contribution in [2.24, 2.45) is 5.73 Å². The molecular formula is C12H13BrN2S. The molecule has 0 amide bonds. The number of nitrogens with zero attached hydrogens (tertiary/aromatic N) is 1. The molecule has 1 unspecified atom stereocenters. The molecule has 0 bridgehead atoms. The number of thiazole rings is 1. The molecule has 0 radical (unpaired) electrons. The molecule has 2 aromatic rings. The lowest BCUT2D eigenvalue weighted by Crippen LogP contribution is -2.16. The van der Waals surface area contributed by atoms with Gasteiger partial charge in [0.2, 0.25) is 0 Å². The van der Waals surface area contributed by atoms with Gasteiger partial charge in [-0.25, -0.2) is 4.98 Å². The van der Waals surface area contributed by atoms with Crippen LogP contribution in [0, 0.1) is 0 Å². The van der Waals surface area contributed by atoms with Crippen molar-refractivity contribution in [1.82, 2.24) is 4.98 Å². The number of hydrogen-bond donors (Lipinski definition) is 1. The first-order chi connectivity index (χ1) is 7.65. The summed E-state index contributed by atoms with van der Waals surface area (Å²) >= 11 is 5.17. The largest absolute Gasteiger partial charge is 0.328 e. The average molecular weight is 297 g/mol. The highest BCUT2D eigenvalue weighted by atomic mass is 79.9. The van der Waals surface area contributed by atoms with E-state index in [0.29, 0.717) is 0 Å². The molecule has 1 aromatic heterocycles. The van der Waals surface area contributed by atoms with Crippen LogP contribution in [0.15, 0.2) is 34.9 Å². The number of benzene rings is 1. The summed E-state index contributed by atoms with van der Waals surface area (Å²) < 4.78 is 1.08. The van der Waals surface area contributed by atoms with Crippen molar-refractivity contribution >= 4 is 27.3 Å². The smallest absolute Gasteiger partial charge is 0.123 e. The minimum absolute atomic E-state index is 0.191. The predicted octanol–water partition coefficient (Wildman–Crippen LogP) is 3.46. The Morgan fingerprint density at radius 2 is 2.31 bits per heavy atom. The quantitative estimate of drug-likeness (QED) is 0.942. The fourth-order valence-electron chi connectivity index (χ4n) is 1.47. The minimum atomic E-state index is 0.191. The first-order valence-corrected chi connectivity index (χ1v) is 6.72. The molecule has 2 N–H and O–H groups in total. The van der Waals surface area contributed by atoms with E-state index in [-0.39, 0.29) is 6.04 Å². The Labute approximate surface area is 108 Å². The molecule has 84 valence electrons. The average Bonchev–Trinajstić information content (AvgIpc) is 2.65. The van der Waals surface area contributed by atoms with Crippen LogP contribution in [0.5, 0.6) is 0 Å². The van der Waals surface area contributed by atoms with E-state index in [4.69, 9.17) is 5.73 Å². The standard InChI is InChI=1S/C12H13BrN2S/c1-8(14)5-11-7-15-12(16-11)9-3-2-4-10(13)6-9/h2-4,6-8H,5,14H2,1H3. The van der Waals surface area contributed by atoms with Crippen molar-refractivity contribution < 1.29 is 0 Å². The number of nitrogens with two attached hydrogens (primary N) is 1. The number of halogens is 1. The Morgan fingerprint density at radius 1 is 1.50 bits per heavy atom. The predicted molar refractivity (Wildman–Crippen MR) is 72.6 cm³/mol. The van der Waals surface area contributed by atoms with Crippen molar-refractivity contribution in [2.45, 2.75) is 19.4 Å². The maximum Gasteiger partial charge on any atom is 0.123 e. The first kappa shape index (κ1) is 11.8. The molecule has 0 saturated carbocycles. The van der Waals surface area contributed by atoms with Crippen molar-refractivity contribution in [3.63, 3.8) is 0 Å². The molecule has 0 saturated heterocycles. The summed E-state index contributed by atoms with van der Waals surface area (Å²) in [6.45, 7) is 2.01. The molecule has 2 nitrogen and oxygen atoms in total. The van der Waals surface area contributed by atoms with Crippen molar-refractivity contribution in [3.8, 4) is 10.6 Å². The lowest BCUT2D eigenvalue weighted by molar-refractivity contribution is 0.745. The summed E-state index contributed by atoms with van der Waals surface area (Å²) in [5, 5.41) is 1.05. The first-order valence-electron chi connectivity index (χ1n) is 5.11. The van der Waals surface area contributed by atoms with Crippen LogP contribution in [0.2, 0.25) is 0 Å². The van der Waals surface area contributed by atoms with Gasteiger partial charge in [-0.1, -0.05) is 28.1 Å². The molecule has 1 heterocycles. The summed E-state index contributed by atoms with van der Waals surface area (Å²) in [7, 11) is 0. The Balaban J connectivity index is 2.24. The lowest BCUT2D eigenvalue weighted by Gasteiger charge is -1.99. The molecule has 1 atom stereocenters. The lowest BCUT2D eigenvalue weighted by atomic mass is 10.2. The third kappa shape index (κ3) is 2.90. The van der Waals surface area contributed by atoms with Crippen LogP contribution < -0.4 is 5.73 Å². The van der Waals surface area contributed by atoms with Gasteiger partial charge in [-0.05, 0) is 25.5 Å². The highest BCUT2D eigenvalue weighted by Crippen LogP contribution is 2.27. The summed E-state index contributed by atoms with van der Waals surface area (Å²) in [5.41, 5.74) is 6.92. The fourth-order valence-corrected chi connectivity index (χ4v) is 2.92. The fraction of sp³-hybridized carbons (Fsp3) is 0.250. The zero-order valence-corrected chi connectivity index (χ0v) is 11.4. The maximum atomic E-state index is 5.77. The van der Waals surface area contributed by atoms with Crippen LogP contribution in [0.4, 0.5) is 0 Å². The van der Waals surface area contributed by atoms with E-state index < -0.39 is 0 Å². The normalized spacial score (nSPS) is 12.7. The third-order valence-electron chi connectivity index (χ3n) is 2.15. The van der Waals surface area contributed by atoms with Crippen LogP contribution in [-0.4, -0.2) is 11.0 Å². The molecule has 0 fully saturated rings. The maximum absolute atomic E-state index is 5.77. The van der Waals surface area contributed by atoms with E-state index in [1.165, 1.54) is 4.88 Å². The van der Waals surface area contributed by atoms with Crippen LogP contribution >= 0.6 is 27.3 Å². The van der Waals surface area contributed by atoms with Gasteiger partial charge < -0.3 is 5.73 Å². The van der Waals surface area contributed by atoms with E-state index in [1.54, 1.807) is 11.3 Å².